The van der Waals surface area contributed by atoms with Gasteiger partial charge in [-0.1, -0.05) is 0 Å². The molecule has 0 aliphatic carbocycles. The number of halogens is 2. The minimum Gasteiger partial charge on any atom is -0.444 e. The van der Waals surface area contributed by atoms with Crippen molar-refractivity contribution >= 4 is 17.7 Å². The molecule has 0 heterocycles. The number of rotatable bonds is 3. The van der Waals surface area contributed by atoms with Crippen molar-refractivity contribution in [2.24, 2.45) is 0 Å². The van der Waals surface area contributed by atoms with Gasteiger partial charge in [0.2, 0.25) is 5.91 Å². The molecule has 7 heteroatoms. The lowest BCUT2D eigenvalue weighted by Crippen LogP contribution is -2.37. The van der Waals surface area contributed by atoms with E-state index in [9.17, 15) is 18.4 Å². The highest BCUT2D eigenvalue weighted by atomic mass is 19.1. The first-order valence-corrected chi connectivity index (χ1v) is 5.89. The van der Waals surface area contributed by atoms with Gasteiger partial charge in [-0.25, -0.2) is 13.6 Å². The molecule has 2 amide bonds. The fourth-order valence-corrected chi connectivity index (χ4v) is 1.25. The minimum atomic E-state index is -0.893. The average molecular weight is 286 g/mol. The third-order valence-electron chi connectivity index (χ3n) is 2.00. The second-order valence-corrected chi connectivity index (χ2v) is 5.03. The molecule has 0 atom stereocenters. The maximum Gasteiger partial charge on any atom is 0.408 e. The zero-order valence-corrected chi connectivity index (χ0v) is 11.4. The summed E-state index contributed by atoms with van der Waals surface area (Å²) < 4.78 is 30.9. The van der Waals surface area contributed by atoms with E-state index >= 15 is 0 Å². The zero-order chi connectivity index (χ0) is 15.3. The quantitative estimate of drug-likeness (QED) is 0.896. The van der Waals surface area contributed by atoms with E-state index in [2.05, 4.69) is 10.6 Å². The summed E-state index contributed by atoms with van der Waals surface area (Å²) in [5.74, 6) is -2.29. The molecule has 0 fully saturated rings. The second-order valence-electron chi connectivity index (χ2n) is 5.03. The van der Waals surface area contributed by atoms with Crippen molar-refractivity contribution in [1.82, 2.24) is 5.32 Å². The van der Waals surface area contributed by atoms with Crippen LogP contribution in [0.25, 0.3) is 0 Å². The van der Waals surface area contributed by atoms with Gasteiger partial charge < -0.3 is 15.4 Å². The Morgan fingerprint density at radius 3 is 2.45 bits per heavy atom. The molecule has 110 valence electrons. The van der Waals surface area contributed by atoms with Gasteiger partial charge in [0, 0.05) is 6.07 Å². The smallest absolute Gasteiger partial charge is 0.408 e. The third kappa shape index (κ3) is 5.64. The number of benzene rings is 1. The lowest BCUT2D eigenvalue weighted by molar-refractivity contribution is -0.115. The Kier molecular flexibility index (Phi) is 5.01. The molecule has 0 unspecified atom stereocenters. The number of amides is 2. The second kappa shape index (κ2) is 6.31. The largest absolute Gasteiger partial charge is 0.444 e. The van der Waals surface area contributed by atoms with Crippen molar-refractivity contribution < 1.29 is 23.1 Å². The summed E-state index contributed by atoms with van der Waals surface area (Å²) in [6, 6.07) is 2.76. The van der Waals surface area contributed by atoms with Crippen LogP contribution in [0, 0.1) is 11.6 Å². The molecule has 0 aliphatic rings. The fraction of sp³-hybridized carbons (Fsp3) is 0.385. The predicted molar refractivity (Wildman–Crippen MR) is 69.2 cm³/mol. The van der Waals surface area contributed by atoms with Gasteiger partial charge in [0.05, 0.1) is 5.69 Å². The van der Waals surface area contributed by atoms with Gasteiger partial charge in [0.25, 0.3) is 0 Å². The van der Waals surface area contributed by atoms with E-state index in [4.69, 9.17) is 4.74 Å². The van der Waals surface area contributed by atoms with E-state index in [1.165, 1.54) is 0 Å². The molecule has 0 saturated heterocycles. The Labute approximate surface area is 115 Å². The van der Waals surface area contributed by atoms with Crippen LogP contribution in [-0.2, 0) is 9.53 Å². The van der Waals surface area contributed by atoms with Gasteiger partial charge in [-0.15, -0.1) is 0 Å². The molecular formula is C13H16F2N2O3. The third-order valence-corrected chi connectivity index (χ3v) is 2.00. The Hall–Kier alpha value is -2.18. The molecule has 20 heavy (non-hydrogen) atoms. The van der Waals surface area contributed by atoms with Crippen LogP contribution < -0.4 is 10.6 Å². The van der Waals surface area contributed by atoms with Gasteiger partial charge in [0.1, 0.15) is 23.8 Å². The van der Waals surface area contributed by atoms with Crippen molar-refractivity contribution in [2.75, 3.05) is 11.9 Å². The number of alkyl carbamates (subject to hydrolysis) is 1. The number of carbonyl (C=O) groups excluding carboxylic acids is 2. The Balaban J connectivity index is 2.46. The predicted octanol–water partition coefficient (Wildman–Crippen LogP) is 2.43. The molecule has 1 aromatic rings. The Bertz CT molecular complexity index is 513. The van der Waals surface area contributed by atoms with Crippen LogP contribution in [0.15, 0.2) is 18.2 Å². The van der Waals surface area contributed by atoms with E-state index in [-0.39, 0.29) is 12.2 Å². The lowest BCUT2D eigenvalue weighted by Gasteiger charge is -2.19. The van der Waals surface area contributed by atoms with E-state index in [0.717, 1.165) is 12.1 Å². The Morgan fingerprint density at radius 2 is 1.90 bits per heavy atom. The van der Waals surface area contributed by atoms with Gasteiger partial charge in [-0.2, -0.15) is 0 Å². The standard InChI is InChI=1S/C13H16F2N2O3/c1-13(2,3)20-12(19)16-7-11(18)17-10-5-4-8(14)6-9(10)15/h4-6H,7H2,1-3H3,(H,16,19)(H,17,18). The maximum absolute atomic E-state index is 13.3. The highest BCUT2D eigenvalue weighted by Gasteiger charge is 2.16. The molecule has 0 spiro atoms. The van der Waals surface area contributed by atoms with Crippen LogP contribution in [-0.4, -0.2) is 24.1 Å². The molecule has 0 saturated carbocycles. The number of hydrogen-bond donors (Lipinski definition) is 2. The van der Waals surface area contributed by atoms with E-state index < -0.39 is 29.2 Å². The van der Waals surface area contributed by atoms with Crippen molar-refractivity contribution in [3.63, 3.8) is 0 Å². The summed E-state index contributed by atoms with van der Waals surface area (Å²) in [6.45, 7) is 4.66. The van der Waals surface area contributed by atoms with Gasteiger partial charge in [-0.3, -0.25) is 4.79 Å². The van der Waals surface area contributed by atoms with E-state index in [1.54, 1.807) is 20.8 Å². The number of hydrogen-bond acceptors (Lipinski definition) is 3. The summed E-state index contributed by atoms with van der Waals surface area (Å²) in [5.41, 5.74) is -0.841. The summed E-state index contributed by atoms with van der Waals surface area (Å²) in [4.78, 5) is 22.8. The van der Waals surface area contributed by atoms with Crippen LogP contribution in [0.2, 0.25) is 0 Å². The van der Waals surface area contributed by atoms with Crippen LogP contribution in [0.3, 0.4) is 0 Å². The minimum absolute atomic E-state index is 0.164. The number of carbonyl (C=O) groups is 2. The topological polar surface area (TPSA) is 67.4 Å². The maximum atomic E-state index is 13.3. The number of ether oxygens (including phenoxy) is 1. The van der Waals surface area contributed by atoms with Crippen molar-refractivity contribution in [3.8, 4) is 0 Å². The lowest BCUT2D eigenvalue weighted by atomic mass is 10.2. The zero-order valence-electron chi connectivity index (χ0n) is 11.4. The first-order valence-electron chi connectivity index (χ1n) is 5.89. The molecule has 1 aromatic carbocycles. The van der Waals surface area contributed by atoms with Gasteiger partial charge in [0.15, 0.2) is 0 Å². The van der Waals surface area contributed by atoms with Crippen LogP contribution in [0.5, 0.6) is 0 Å². The first-order chi connectivity index (χ1) is 9.17. The summed E-state index contributed by atoms with van der Waals surface area (Å²) in [5, 5.41) is 4.43. The van der Waals surface area contributed by atoms with E-state index in [1.807, 2.05) is 0 Å². The summed E-state index contributed by atoms with van der Waals surface area (Å²) in [6.07, 6.45) is -0.757. The molecule has 0 bridgehead atoms. The van der Waals surface area contributed by atoms with Crippen molar-refractivity contribution in [1.29, 1.82) is 0 Å². The molecule has 5 nitrogen and oxygen atoms in total. The SMILES string of the molecule is CC(C)(C)OC(=O)NCC(=O)Nc1ccc(F)cc1F. The van der Waals surface area contributed by atoms with E-state index in [0.29, 0.717) is 6.07 Å². The Morgan fingerprint density at radius 1 is 1.25 bits per heavy atom. The normalized spacial score (nSPS) is 10.8. The monoisotopic (exact) mass is 286 g/mol. The average Bonchev–Trinajstić information content (AvgIpc) is 2.28. The van der Waals surface area contributed by atoms with Crippen LogP contribution >= 0.6 is 0 Å². The molecular weight excluding hydrogens is 270 g/mol. The highest BCUT2D eigenvalue weighted by molar-refractivity contribution is 5.93. The van der Waals surface area contributed by atoms with Crippen molar-refractivity contribution in [3.05, 3.63) is 29.8 Å². The van der Waals surface area contributed by atoms with Crippen LogP contribution in [0.4, 0.5) is 19.3 Å². The molecule has 1 rings (SSSR count). The molecule has 0 aliphatic heterocycles. The number of anilines is 1. The van der Waals surface area contributed by atoms with Crippen molar-refractivity contribution in [2.45, 2.75) is 26.4 Å². The molecule has 0 aromatic heterocycles. The van der Waals surface area contributed by atoms with Gasteiger partial charge in [-0.05, 0) is 32.9 Å². The highest BCUT2D eigenvalue weighted by Crippen LogP contribution is 2.14. The number of nitrogens with one attached hydrogen (secondary N) is 2. The van der Waals surface area contributed by atoms with Crippen LogP contribution in [0.1, 0.15) is 20.8 Å². The fourth-order valence-electron chi connectivity index (χ4n) is 1.25. The van der Waals surface area contributed by atoms with Gasteiger partial charge >= 0.3 is 6.09 Å². The molecule has 0 radical (unpaired) electrons. The first kappa shape index (κ1) is 15.9. The summed E-state index contributed by atoms with van der Waals surface area (Å²) >= 11 is 0. The molecule has 2 N–H and O–H groups in total. The summed E-state index contributed by atoms with van der Waals surface area (Å²) in [7, 11) is 0.